The SMILES string of the molecule is COc1c(C(C)n2nc(C)c3c(N)ncnc32)cc(Cl)c(C#N)c1C1CN(CC(C)=O)C1. The topological polar surface area (TPSA) is 123 Å². The van der Waals surface area contributed by atoms with Crippen LogP contribution in [0.15, 0.2) is 12.4 Å². The molecule has 1 unspecified atom stereocenters. The number of nitrogens with two attached hydrogens (primary N) is 1. The lowest BCUT2D eigenvalue weighted by atomic mass is 9.85. The number of aromatic nitrogens is 4. The van der Waals surface area contributed by atoms with Gasteiger partial charge in [-0.05, 0) is 26.8 Å². The van der Waals surface area contributed by atoms with Gasteiger partial charge in [-0.2, -0.15) is 10.4 Å². The smallest absolute Gasteiger partial charge is 0.164 e. The van der Waals surface area contributed by atoms with Gasteiger partial charge in [0, 0.05) is 30.1 Å². The molecule has 1 fully saturated rings. The van der Waals surface area contributed by atoms with Crippen LogP contribution in [0, 0.1) is 18.3 Å². The van der Waals surface area contributed by atoms with Gasteiger partial charge in [-0.3, -0.25) is 9.69 Å². The Morgan fingerprint density at radius 2 is 2.16 bits per heavy atom. The fourth-order valence-electron chi connectivity index (χ4n) is 4.48. The fraction of sp³-hybridized carbons (Fsp3) is 0.409. The first-order chi connectivity index (χ1) is 15.3. The largest absolute Gasteiger partial charge is 0.496 e. The van der Waals surface area contributed by atoms with E-state index in [0.29, 0.717) is 52.8 Å². The minimum absolute atomic E-state index is 0.0395. The monoisotopic (exact) mass is 453 g/mol. The van der Waals surface area contributed by atoms with Crippen molar-refractivity contribution in [3.8, 4) is 11.8 Å². The summed E-state index contributed by atoms with van der Waals surface area (Å²) in [6.07, 6.45) is 1.41. The van der Waals surface area contributed by atoms with Crippen LogP contribution in [-0.2, 0) is 4.79 Å². The maximum atomic E-state index is 11.5. The molecule has 3 aromatic rings. The number of nitriles is 1. The number of rotatable bonds is 6. The van der Waals surface area contributed by atoms with Crippen LogP contribution < -0.4 is 10.5 Å². The van der Waals surface area contributed by atoms with E-state index < -0.39 is 0 Å². The van der Waals surface area contributed by atoms with Crippen molar-refractivity contribution in [2.75, 3.05) is 32.5 Å². The van der Waals surface area contributed by atoms with Gasteiger partial charge in [-0.1, -0.05) is 11.6 Å². The summed E-state index contributed by atoms with van der Waals surface area (Å²) in [7, 11) is 1.59. The minimum atomic E-state index is -0.298. The number of ketones is 1. The Labute approximate surface area is 190 Å². The molecule has 10 heteroatoms. The second-order valence-electron chi connectivity index (χ2n) is 8.14. The summed E-state index contributed by atoms with van der Waals surface area (Å²) in [5.41, 5.74) is 9.35. The van der Waals surface area contributed by atoms with Crippen molar-refractivity contribution in [3.05, 3.63) is 39.8 Å². The molecule has 32 heavy (non-hydrogen) atoms. The third kappa shape index (κ3) is 3.55. The first-order valence-electron chi connectivity index (χ1n) is 10.2. The molecule has 1 atom stereocenters. The van der Waals surface area contributed by atoms with Gasteiger partial charge in [0.05, 0.1) is 41.4 Å². The number of hydrogen-bond acceptors (Lipinski definition) is 8. The van der Waals surface area contributed by atoms with Crippen LogP contribution in [0.4, 0.5) is 5.82 Å². The molecule has 0 bridgehead atoms. The number of ether oxygens (including phenoxy) is 1. The summed E-state index contributed by atoms with van der Waals surface area (Å²) in [6.45, 7) is 7.11. The average molecular weight is 454 g/mol. The standard InChI is InChI=1S/C22H24ClN7O2/c1-11(31)7-29-8-14(9-29)19-16(6-24)17(23)5-15(20(19)32-4)13(3)30-22-18(12(2)28-30)21(25)26-10-27-22/h5,10,13-14H,7-9H2,1-4H3,(H2,25,26,27). The summed E-state index contributed by atoms with van der Waals surface area (Å²) < 4.78 is 7.61. The predicted molar refractivity (Wildman–Crippen MR) is 121 cm³/mol. The summed E-state index contributed by atoms with van der Waals surface area (Å²) in [5.74, 6) is 1.13. The summed E-state index contributed by atoms with van der Waals surface area (Å²) in [6, 6.07) is 3.69. The Hall–Kier alpha value is -3.22. The number of nitrogens with zero attached hydrogens (tertiary/aromatic N) is 6. The van der Waals surface area contributed by atoms with Gasteiger partial charge in [0.2, 0.25) is 0 Å². The van der Waals surface area contributed by atoms with E-state index in [0.717, 1.165) is 16.8 Å². The lowest BCUT2D eigenvalue weighted by molar-refractivity contribution is -0.119. The molecule has 1 aliphatic heterocycles. The van der Waals surface area contributed by atoms with Crippen LogP contribution >= 0.6 is 11.6 Å². The van der Waals surface area contributed by atoms with E-state index in [1.807, 2.05) is 18.7 Å². The number of carbonyl (C=O) groups is 1. The van der Waals surface area contributed by atoms with Gasteiger partial charge in [-0.15, -0.1) is 0 Å². The van der Waals surface area contributed by atoms with Crippen LogP contribution in [0.5, 0.6) is 5.75 Å². The molecule has 0 aliphatic carbocycles. The zero-order chi connectivity index (χ0) is 23.2. The van der Waals surface area contributed by atoms with Gasteiger partial charge in [0.1, 0.15) is 29.7 Å². The Kier molecular flexibility index (Phi) is 5.75. The second-order valence-corrected chi connectivity index (χ2v) is 8.55. The Balaban J connectivity index is 1.82. The number of methoxy groups -OCH3 is 1. The number of hydrogen-bond donors (Lipinski definition) is 1. The molecule has 1 saturated heterocycles. The van der Waals surface area contributed by atoms with E-state index in [1.54, 1.807) is 24.8 Å². The van der Waals surface area contributed by atoms with Crippen LogP contribution in [0.2, 0.25) is 5.02 Å². The van der Waals surface area contributed by atoms with Crippen molar-refractivity contribution in [1.29, 1.82) is 5.26 Å². The molecule has 1 aliphatic rings. The quantitative estimate of drug-likeness (QED) is 0.604. The molecule has 0 amide bonds. The number of anilines is 1. The molecule has 4 rings (SSSR count). The number of aryl methyl sites for hydroxylation is 1. The highest BCUT2D eigenvalue weighted by molar-refractivity contribution is 6.32. The Morgan fingerprint density at radius 3 is 2.78 bits per heavy atom. The maximum Gasteiger partial charge on any atom is 0.164 e. The Bertz CT molecular complexity index is 1260. The summed E-state index contributed by atoms with van der Waals surface area (Å²) in [5, 5.41) is 15.5. The third-order valence-corrected chi connectivity index (χ3v) is 6.23. The predicted octanol–water partition coefficient (Wildman–Crippen LogP) is 2.85. The summed E-state index contributed by atoms with van der Waals surface area (Å²) >= 11 is 6.57. The van der Waals surface area contributed by atoms with Crippen molar-refractivity contribution < 1.29 is 9.53 Å². The number of fused-ring (bicyclic) bond motifs is 1. The molecule has 1 aromatic carbocycles. The van der Waals surface area contributed by atoms with Crippen molar-refractivity contribution >= 4 is 34.2 Å². The highest BCUT2D eigenvalue weighted by atomic mass is 35.5. The second kappa shape index (κ2) is 8.37. The van der Waals surface area contributed by atoms with Crippen LogP contribution in [0.1, 0.15) is 48.2 Å². The van der Waals surface area contributed by atoms with Crippen LogP contribution in [-0.4, -0.2) is 57.2 Å². The molecule has 2 N–H and O–H groups in total. The van der Waals surface area contributed by atoms with E-state index in [1.165, 1.54) is 6.33 Å². The molecule has 0 radical (unpaired) electrons. The molecular formula is C22H24ClN7O2. The van der Waals surface area contributed by atoms with Gasteiger partial charge < -0.3 is 10.5 Å². The van der Waals surface area contributed by atoms with Crippen LogP contribution in [0.3, 0.4) is 0 Å². The lowest BCUT2D eigenvalue weighted by Gasteiger charge is -2.40. The number of Topliss-reactive ketones (excluding diaryl/α,β-unsaturated/α-hetero) is 1. The Morgan fingerprint density at radius 1 is 1.44 bits per heavy atom. The van der Waals surface area contributed by atoms with E-state index >= 15 is 0 Å². The molecule has 0 saturated carbocycles. The van der Waals surface area contributed by atoms with E-state index in [2.05, 4.69) is 21.1 Å². The van der Waals surface area contributed by atoms with Crippen molar-refractivity contribution in [3.63, 3.8) is 0 Å². The number of benzene rings is 1. The average Bonchev–Trinajstić information content (AvgIpc) is 3.06. The summed E-state index contributed by atoms with van der Waals surface area (Å²) in [4.78, 5) is 22.0. The molecule has 9 nitrogen and oxygen atoms in total. The first kappa shape index (κ1) is 22.0. The van der Waals surface area contributed by atoms with E-state index in [-0.39, 0.29) is 17.7 Å². The van der Waals surface area contributed by atoms with Gasteiger partial charge in [0.25, 0.3) is 0 Å². The number of halogens is 1. The number of nitrogen functional groups attached to an aromatic ring is 1. The van der Waals surface area contributed by atoms with Crippen molar-refractivity contribution in [2.45, 2.75) is 32.7 Å². The number of carbonyl (C=O) groups excluding carboxylic acids is 1. The highest BCUT2D eigenvalue weighted by Crippen LogP contribution is 2.44. The highest BCUT2D eigenvalue weighted by Gasteiger charge is 2.35. The molecular weight excluding hydrogens is 430 g/mol. The molecule has 166 valence electrons. The zero-order valence-corrected chi connectivity index (χ0v) is 19.1. The van der Waals surface area contributed by atoms with Gasteiger partial charge in [0.15, 0.2) is 5.65 Å². The van der Waals surface area contributed by atoms with Crippen molar-refractivity contribution in [1.82, 2.24) is 24.6 Å². The zero-order valence-electron chi connectivity index (χ0n) is 18.4. The fourth-order valence-corrected chi connectivity index (χ4v) is 4.74. The third-order valence-electron chi connectivity index (χ3n) is 5.93. The van der Waals surface area contributed by atoms with Crippen LogP contribution in [0.25, 0.3) is 11.0 Å². The maximum absolute atomic E-state index is 11.5. The molecule has 0 spiro atoms. The molecule has 3 heterocycles. The van der Waals surface area contributed by atoms with E-state index in [9.17, 15) is 10.1 Å². The van der Waals surface area contributed by atoms with Gasteiger partial charge >= 0.3 is 0 Å². The minimum Gasteiger partial charge on any atom is -0.496 e. The van der Waals surface area contributed by atoms with Crippen molar-refractivity contribution in [2.24, 2.45) is 0 Å². The van der Waals surface area contributed by atoms with Gasteiger partial charge in [-0.25, -0.2) is 14.6 Å². The molecule has 2 aromatic heterocycles. The van der Waals surface area contributed by atoms with E-state index in [4.69, 9.17) is 22.1 Å². The number of likely N-dealkylation sites (tertiary alicyclic amines) is 1. The normalized spacial score (nSPS) is 15.4. The lowest BCUT2D eigenvalue weighted by Crippen LogP contribution is -2.47. The first-order valence-corrected chi connectivity index (χ1v) is 10.6.